The lowest BCUT2D eigenvalue weighted by Gasteiger charge is -2.08. The van der Waals surface area contributed by atoms with Crippen LogP contribution in [0.4, 0.5) is 11.5 Å². The number of hydrogen-bond donors (Lipinski definition) is 3. The van der Waals surface area contributed by atoms with Crippen LogP contribution in [0.5, 0.6) is 0 Å². The summed E-state index contributed by atoms with van der Waals surface area (Å²) in [6, 6.07) is 10.9. The summed E-state index contributed by atoms with van der Waals surface area (Å²) in [6.07, 6.45) is 1.20. The zero-order chi connectivity index (χ0) is 14.6. The van der Waals surface area contributed by atoms with Crippen LogP contribution in [0.1, 0.15) is 5.56 Å². The molecule has 8 heteroatoms. The van der Waals surface area contributed by atoms with Gasteiger partial charge in [-0.3, -0.25) is 4.72 Å². The van der Waals surface area contributed by atoms with Gasteiger partial charge in [0.2, 0.25) is 0 Å². The van der Waals surface area contributed by atoms with Crippen LogP contribution in [0.2, 0.25) is 0 Å². The number of sulfonamides is 1. The van der Waals surface area contributed by atoms with Crippen LogP contribution < -0.4 is 16.0 Å². The van der Waals surface area contributed by atoms with Crippen LogP contribution in [-0.2, 0) is 10.0 Å². The SMILES string of the molecule is N#Cc1ccc(NS(=O)(=O)c2ccc(NN)nc2)cc1. The van der Waals surface area contributed by atoms with Gasteiger partial charge in [0.05, 0.1) is 11.6 Å². The second-order valence-corrected chi connectivity index (χ2v) is 5.50. The third kappa shape index (κ3) is 3.03. The van der Waals surface area contributed by atoms with Crippen molar-refractivity contribution >= 4 is 21.5 Å². The molecule has 0 aliphatic heterocycles. The average Bonchev–Trinajstić information content (AvgIpc) is 2.48. The van der Waals surface area contributed by atoms with Crippen LogP contribution in [0.25, 0.3) is 0 Å². The van der Waals surface area contributed by atoms with E-state index in [1.165, 1.54) is 42.6 Å². The molecule has 1 aromatic carbocycles. The Bertz CT molecular complexity index is 733. The molecule has 2 aromatic rings. The molecule has 0 fully saturated rings. The van der Waals surface area contributed by atoms with Crippen molar-refractivity contribution in [3.05, 3.63) is 48.2 Å². The van der Waals surface area contributed by atoms with Gasteiger partial charge >= 0.3 is 0 Å². The van der Waals surface area contributed by atoms with E-state index in [-0.39, 0.29) is 4.90 Å². The lowest BCUT2D eigenvalue weighted by molar-refractivity contribution is 0.601. The predicted octanol–water partition coefficient (Wildman–Crippen LogP) is 1.04. The number of nitrogens with zero attached hydrogens (tertiary/aromatic N) is 2. The highest BCUT2D eigenvalue weighted by Crippen LogP contribution is 2.16. The first kappa shape index (κ1) is 13.8. The molecule has 0 radical (unpaired) electrons. The van der Waals surface area contributed by atoms with Crippen molar-refractivity contribution < 1.29 is 8.42 Å². The topological polar surface area (TPSA) is 121 Å². The first-order valence-electron chi connectivity index (χ1n) is 5.51. The molecule has 0 spiro atoms. The molecule has 0 aliphatic carbocycles. The highest BCUT2D eigenvalue weighted by atomic mass is 32.2. The number of nitriles is 1. The summed E-state index contributed by atoms with van der Waals surface area (Å²) in [5.41, 5.74) is 3.13. The quantitative estimate of drug-likeness (QED) is 0.571. The normalized spacial score (nSPS) is 10.6. The van der Waals surface area contributed by atoms with Crippen LogP contribution in [0.15, 0.2) is 47.5 Å². The van der Waals surface area contributed by atoms with E-state index in [0.29, 0.717) is 17.1 Å². The fourth-order valence-corrected chi connectivity index (χ4v) is 2.45. The molecule has 7 nitrogen and oxygen atoms in total. The van der Waals surface area contributed by atoms with E-state index in [0.717, 1.165) is 0 Å². The second kappa shape index (κ2) is 5.56. The van der Waals surface area contributed by atoms with Gasteiger partial charge in [-0.15, -0.1) is 0 Å². The fraction of sp³-hybridized carbons (Fsp3) is 0. The number of nitrogen functional groups attached to an aromatic ring is 1. The maximum absolute atomic E-state index is 12.1. The van der Waals surface area contributed by atoms with Crippen molar-refractivity contribution in [1.29, 1.82) is 5.26 Å². The summed E-state index contributed by atoms with van der Waals surface area (Å²) in [4.78, 5) is 3.85. The summed E-state index contributed by atoms with van der Waals surface area (Å²) in [7, 11) is -3.72. The van der Waals surface area contributed by atoms with E-state index in [9.17, 15) is 8.42 Å². The molecule has 102 valence electrons. The maximum Gasteiger partial charge on any atom is 0.263 e. The monoisotopic (exact) mass is 289 g/mol. The number of nitrogens with one attached hydrogen (secondary N) is 2. The fourth-order valence-electron chi connectivity index (χ4n) is 1.45. The Morgan fingerprint density at radius 2 is 1.85 bits per heavy atom. The van der Waals surface area contributed by atoms with E-state index < -0.39 is 10.0 Å². The summed E-state index contributed by atoms with van der Waals surface area (Å²) < 4.78 is 26.6. The Labute approximate surface area is 116 Å². The molecule has 1 heterocycles. The molecular formula is C12H11N5O2S. The zero-order valence-electron chi connectivity index (χ0n) is 10.2. The van der Waals surface area contributed by atoms with Crippen molar-refractivity contribution in [1.82, 2.24) is 4.98 Å². The number of rotatable bonds is 4. The van der Waals surface area contributed by atoms with Crippen LogP contribution in [-0.4, -0.2) is 13.4 Å². The Morgan fingerprint density at radius 1 is 1.15 bits per heavy atom. The van der Waals surface area contributed by atoms with Crippen molar-refractivity contribution in [2.45, 2.75) is 4.90 Å². The number of pyridine rings is 1. The number of anilines is 2. The Kier molecular flexibility index (Phi) is 3.84. The van der Waals surface area contributed by atoms with Crippen molar-refractivity contribution in [2.75, 3.05) is 10.1 Å². The standard InChI is InChI=1S/C12H11N5O2S/c13-7-9-1-3-10(4-2-9)17-20(18,19)11-5-6-12(16-14)15-8-11/h1-6,8,17H,14H2,(H,15,16). The van der Waals surface area contributed by atoms with Gasteiger partial charge in [0.1, 0.15) is 10.7 Å². The minimum absolute atomic E-state index is 0.0147. The molecule has 20 heavy (non-hydrogen) atoms. The minimum Gasteiger partial charge on any atom is -0.308 e. The van der Waals surface area contributed by atoms with Crippen molar-refractivity contribution in [3.8, 4) is 6.07 Å². The molecule has 2 rings (SSSR count). The van der Waals surface area contributed by atoms with E-state index in [4.69, 9.17) is 11.1 Å². The summed E-state index contributed by atoms with van der Waals surface area (Å²) >= 11 is 0. The van der Waals surface area contributed by atoms with Gasteiger partial charge in [-0.25, -0.2) is 19.2 Å². The summed E-state index contributed by atoms with van der Waals surface area (Å²) in [6.45, 7) is 0. The Balaban J connectivity index is 2.23. The van der Waals surface area contributed by atoms with Gasteiger partial charge in [-0.05, 0) is 36.4 Å². The predicted molar refractivity (Wildman–Crippen MR) is 74.0 cm³/mol. The van der Waals surface area contributed by atoms with Gasteiger partial charge in [0.15, 0.2) is 0 Å². The third-order valence-corrected chi connectivity index (χ3v) is 3.83. The summed E-state index contributed by atoms with van der Waals surface area (Å²) in [5.74, 6) is 5.52. The first-order valence-corrected chi connectivity index (χ1v) is 6.99. The molecule has 0 amide bonds. The largest absolute Gasteiger partial charge is 0.308 e. The van der Waals surface area contributed by atoms with Crippen molar-refractivity contribution in [2.24, 2.45) is 5.84 Å². The van der Waals surface area contributed by atoms with Gasteiger partial charge in [-0.1, -0.05) is 0 Å². The van der Waals surface area contributed by atoms with E-state index in [1.54, 1.807) is 0 Å². The molecule has 0 saturated carbocycles. The maximum atomic E-state index is 12.1. The number of nitrogens with two attached hydrogens (primary N) is 1. The van der Waals surface area contributed by atoms with E-state index >= 15 is 0 Å². The molecule has 0 atom stereocenters. The molecule has 0 bridgehead atoms. The number of aromatic nitrogens is 1. The molecule has 0 aliphatic rings. The van der Waals surface area contributed by atoms with E-state index in [1.807, 2.05) is 6.07 Å². The lowest BCUT2D eigenvalue weighted by atomic mass is 10.2. The first-order chi connectivity index (χ1) is 9.55. The lowest BCUT2D eigenvalue weighted by Crippen LogP contribution is -2.14. The molecule has 0 saturated heterocycles. The number of hydrogen-bond acceptors (Lipinski definition) is 6. The molecule has 0 unspecified atom stereocenters. The second-order valence-electron chi connectivity index (χ2n) is 3.82. The third-order valence-electron chi connectivity index (χ3n) is 2.46. The van der Waals surface area contributed by atoms with Gasteiger partial charge in [-0.2, -0.15) is 5.26 Å². The highest BCUT2D eigenvalue weighted by Gasteiger charge is 2.14. The van der Waals surface area contributed by atoms with Gasteiger partial charge in [0.25, 0.3) is 10.0 Å². The smallest absolute Gasteiger partial charge is 0.263 e. The Morgan fingerprint density at radius 3 is 2.35 bits per heavy atom. The van der Waals surface area contributed by atoms with Crippen LogP contribution in [0, 0.1) is 11.3 Å². The summed E-state index contributed by atoms with van der Waals surface area (Å²) in [5, 5.41) is 8.68. The van der Waals surface area contributed by atoms with Gasteiger partial charge in [0, 0.05) is 11.9 Å². The Hall–Kier alpha value is -2.63. The van der Waals surface area contributed by atoms with Crippen LogP contribution >= 0.6 is 0 Å². The average molecular weight is 289 g/mol. The van der Waals surface area contributed by atoms with E-state index in [2.05, 4.69) is 15.1 Å². The van der Waals surface area contributed by atoms with Crippen LogP contribution in [0.3, 0.4) is 0 Å². The molecule has 1 aromatic heterocycles. The van der Waals surface area contributed by atoms with Crippen molar-refractivity contribution in [3.63, 3.8) is 0 Å². The minimum atomic E-state index is -3.72. The zero-order valence-corrected chi connectivity index (χ0v) is 11.1. The number of benzene rings is 1. The number of hydrazine groups is 1. The molecule has 4 N–H and O–H groups in total. The highest BCUT2D eigenvalue weighted by molar-refractivity contribution is 7.92. The van der Waals surface area contributed by atoms with Gasteiger partial charge < -0.3 is 5.43 Å². The molecular weight excluding hydrogens is 278 g/mol.